The van der Waals surface area contributed by atoms with Crippen molar-refractivity contribution in [3.63, 3.8) is 0 Å². The number of carbonyl (C=O) groups is 2. The van der Waals surface area contributed by atoms with E-state index in [0.717, 1.165) is 6.07 Å². The van der Waals surface area contributed by atoms with Gasteiger partial charge in [0, 0.05) is 5.56 Å². The predicted molar refractivity (Wildman–Crippen MR) is 75.4 cm³/mol. The van der Waals surface area contributed by atoms with E-state index < -0.39 is 23.7 Å². The zero-order chi connectivity index (χ0) is 15.4. The SMILES string of the molecule is Cc1cc(F)cc(C(=O)N[C@@H](C(=O)O)c2ccccc2)c1. The van der Waals surface area contributed by atoms with Crippen molar-refractivity contribution in [3.8, 4) is 0 Å². The second kappa shape index (κ2) is 6.17. The first-order valence-corrected chi connectivity index (χ1v) is 6.33. The van der Waals surface area contributed by atoms with Crippen LogP contribution < -0.4 is 5.32 Å². The van der Waals surface area contributed by atoms with Crippen LogP contribution in [0.1, 0.15) is 27.5 Å². The maximum atomic E-state index is 13.3. The summed E-state index contributed by atoms with van der Waals surface area (Å²) in [6.45, 7) is 1.66. The first kappa shape index (κ1) is 14.7. The number of hydrogen-bond donors (Lipinski definition) is 2. The second-order valence-corrected chi connectivity index (χ2v) is 4.67. The molecule has 1 amide bonds. The largest absolute Gasteiger partial charge is 0.479 e. The average molecular weight is 287 g/mol. The number of aliphatic carboxylic acids is 1. The molecule has 0 unspecified atom stereocenters. The first-order valence-electron chi connectivity index (χ1n) is 6.33. The number of rotatable bonds is 4. The summed E-state index contributed by atoms with van der Waals surface area (Å²) in [5, 5.41) is 11.6. The Balaban J connectivity index is 2.25. The van der Waals surface area contributed by atoms with E-state index >= 15 is 0 Å². The molecule has 0 aromatic heterocycles. The lowest BCUT2D eigenvalue weighted by Crippen LogP contribution is -2.33. The molecule has 0 aliphatic carbocycles. The summed E-state index contributed by atoms with van der Waals surface area (Å²) in [5.74, 6) is -2.34. The number of nitrogens with one attached hydrogen (secondary N) is 1. The smallest absolute Gasteiger partial charge is 0.330 e. The monoisotopic (exact) mass is 287 g/mol. The molecule has 2 aromatic rings. The van der Waals surface area contributed by atoms with Crippen LogP contribution in [0.15, 0.2) is 48.5 Å². The zero-order valence-electron chi connectivity index (χ0n) is 11.3. The van der Waals surface area contributed by atoms with Gasteiger partial charge in [-0.05, 0) is 36.2 Å². The summed E-state index contributed by atoms with van der Waals surface area (Å²) in [4.78, 5) is 23.4. The minimum Gasteiger partial charge on any atom is -0.479 e. The van der Waals surface area contributed by atoms with Crippen LogP contribution in [0.4, 0.5) is 4.39 Å². The Kier molecular flexibility index (Phi) is 4.33. The van der Waals surface area contributed by atoms with Gasteiger partial charge in [0.05, 0.1) is 0 Å². The number of halogens is 1. The number of amides is 1. The molecule has 21 heavy (non-hydrogen) atoms. The third kappa shape index (κ3) is 3.66. The van der Waals surface area contributed by atoms with Gasteiger partial charge in [0.1, 0.15) is 5.82 Å². The van der Waals surface area contributed by atoms with Gasteiger partial charge in [-0.25, -0.2) is 9.18 Å². The molecule has 0 bridgehead atoms. The van der Waals surface area contributed by atoms with Crippen LogP contribution in [0.25, 0.3) is 0 Å². The van der Waals surface area contributed by atoms with E-state index in [0.29, 0.717) is 11.1 Å². The van der Waals surface area contributed by atoms with Crippen LogP contribution in [0, 0.1) is 12.7 Å². The average Bonchev–Trinajstić information content (AvgIpc) is 2.44. The Morgan fingerprint density at radius 2 is 1.81 bits per heavy atom. The van der Waals surface area contributed by atoms with Crippen molar-refractivity contribution in [2.24, 2.45) is 0 Å². The van der Waals surface area contributed by atoms with Gasteiger partial charge in [0.2, 0.25) is 0 Å². The van der Waals surface area contributed by atoms with Crippen molar-refractivity contribution < 1.29 is 19.1 Å². The van der Waals surface area contributed by atoms with Crippen molar-refractivity contribution in [2.75, 3.05) is 0 Å². The van der Waals surface area contributed by atoms with Crippen molar-refractivity contribution in [1.82, 2.24) is 5.32 Å². The number of carboxylic acids is 1. The normalized spacial score (nSPS) is 11.7. The fourth-order valence-electron chi connectivity index (χ4n) is 2.01. The molecule has 2 aromatic carbocycles. The highest BCUT2D eigenvalue weighted by Crippen LogP contribution is 2.15. The number of benzene rings is 2. The summed E-state index contributed by atoms with van der Waals surface area (Å²) in [6.07, 6.45) is 0. The topological polar surface area (TPSA) is 66.4 Å². The van der Waals surface area contributed by atoms with Crippen LogP contribution in [0.2, 0.25) is 0 Å². The maximum absolute atomic E-state index is 13.3. The molecule has 2 rings (SSSR count). The second-order valence-electron chi connectivity index (χ2n) is 4.67. The van der Waals surface area contributed by atoms with Gasteiger partial charge < -0.3 is 10.4 Å². The molecule has 4 nitrogen and oxygen atoms in total. The summed E-state index contributed by atoms with van der Waals surface area (Å²) >= 11 is 0. The van der Waals surface area contributed by atoms with Crippen molar-refractivity contribution in [1.29, 1.82) is 0 Å². The van der Waals surface area contributed by atoms with Crippen LogP contribution in [0.5, 0.6) is 0 Å². The lowest BCUT2D eigenvalue weighted by atomic mass is 10.1. The highest BCUT2D eigenvalue weighted by atomic mass is 19.1. The Hall–Kier alpha value is -2.69. The molecule has 0 aliphatic heterocycles. The van der Waals surface area contributed by atoms with E-state index in [2.05, 4.69) is 5.32 Å². The van der Waals surface area contributed by atoms with Gasteiger partial charge in [-0.15, -0.1) is 0 Å². The molecule has 2 N–H and O–H groups in total. The van der Waals surface area contributed by atoms with E-state index in [1.807, 2.05) is 0 Å². The molecule has 0 aliphatic rings. The highest BCUT2D eigenvalue weighted by Gasteiger charge is 2.22. The Morgan fingerprint density at radius 3 is 2.38 bits per heavy atom. The van der Waals surface area contributed by atoms with Crippen LogP contribution >= 0.6 is 0 Å². The van der Waals surface area contributed by atoms with Gasteiger partial charge in [0.25, 0.3) is 5.91 Å². The van der Waals surface area contributed by atoms with Gasteiger partial charge in [-0.3, -0.25) is 4.79 Å². The molecule has 0 fully saturated rings. The minimum atomic E-state index is -1.18. The third-order valence-electron chi connectivity index (χ3n) is 2.96. The van der Waals surface area contributed by atoms with Crippen molar-refractivity contribution in [3.05, 3.63) is 71.0 Å². The standard InChI is InChI=1S/C16H14FNO3/c1-10-7-12(9-13(17)8-10)15(19)18-14(16(20)21)11-5-3-2-4-6-11/h2-9,14H,1H3,(H,18,19)(H,20,21)/t14-/m1/s1. The summed E-state index contributed by atoms with van der Waals surface area (Å²) in [7, 11) is 0. The number of carboxylic acid groups (broad SMARTS) is 1. The van der Waals surface area contributed by atoms with E-state index in [1.54, 1.807) is 37.3 Å². The molecule has 0 saturated heterocycles. The molecular weight excluding hydrogens is 273 g/mol. The van der Waals surface area contributed by atoms with Crippen LogP contribution in [0.3, 0.4) is 0 Å². The summed E-state index contributed by atoms with van der Waals surface area (Å²) < 4.78 is 13.3. The third-order valence-corrected chi connectivity index (χ3v) is 2.96. The molecule has 0 saturated carbocycles. The Bertz CT molecular complexity index is 650. The van der Waals surface area contributed by atoms with Gasteiger partial charge in [-0.2, -0.15) is 0 Å². The lowest BCUT2D eigenvalue weighted by molar-refractivity contribution is -0.139. The van der Waals surface area contributed by atoms with Crippen molar-refractivity contribution in [2.45, 2.75) is 13.0 Å². The van der Waals surface area contributed by atoms with E-state index in [9.17, 15) is 19.1 Å². The van der Waals surface area contributed by atoms with Gasteiger partial charge >= 0.3 is 5.97 Å². The quantitative estimate of drug-likeness (QED) is 0.908. The molecule has 0 radical (unpaired) electrons. The molecule has 0 heterocycles. The summed E-state index contributed by atoms with van der Waals surface area (Å²) in [5.41, 5.74) is 1.13. The molecular formula is C16H14FNO3. The highest BCUT2D eigenvalue weighted by molar-refractivity contribution is 5.97. The van der Waals surface area contributed by atoms with Gasteiger partial charge in [-0.1, -0.05) is 30.3 Å². The van der Waals surface area contributed by atoms with E-state index in [1.165, 1.54) is 12.1 Å². The molecule has 108 valence electrons. The lowest BCUT2D eigenvalue weighted by Gasteiger charge is -2.15. The zero-order valence-corrected chi connectivity index (χ0v) is 11.3. The first-order chi connectivity index (χ1) is 9.97. The number of carbonyl (C=O) groups excluding carboxylic acids is 1. The fraction of sp³-hybridized carbons (Fsp3) is 0.125. The molecule has 0 spiro atoms. The maximum Gasteiger partial charge on any atom is 0.330 e. The summed E-state index contributed by atoms with van der Waals surface area (Å²) in [6, 6.07) is 11.0. The number of hydrogen-bond acceptors (Lipinski definition) is 2. The number of aryl methyl sites for hydroxylation is 1. The molecule has 5 heteroatoms. The predicted octanol–water partition coefficient (Wildman–Crippen LogP) is 2.69. The van der Waals surface area contributed by atoms with E-state index in [4.69, 9.17) is 0 Å². The molecule has 1 atom stereocenters. The fourth-order valence-corrected chi connectivity index (χ4v) is 2.01. The van der Waals surface area contributed by atoms with Crippen molar-refractivity contribution >= 4 is 11.9 Å². The van der Waals surface area contributed by atoms with Crippen LogP contribution in [-0.2, 0) is 4.79 Å². The Labute approximate surface area is 121 Å². The van der Waals surface area contributed by atoms with E-state index in [-0.39, 0.29) is 5.56 Å². The van der Waals surface area contributed by atoms with Crippen LogP contribution in [-0.4, -0.2) is 17.0 Å². The minimum absolute atomic E-state index is 0.0923. The van der Waals surface area contributed by atoms with Gasteiger partial charge in [0.15, 0.2) is 6.04 Å². The Morgan fingerprint density at radius 1 is 1.14 bits per heavy atom.